The van der Waals surface area contributed by atoms with Crippen LogP contribution >= 0.6 is 0 Å². The molecule has 0 bridgehead atoms. The summed E-state index contributed by atoms with van der Waals surface area (Å²) in [6.07, 6.45) is 3.14. The Hall–Kier alpha value is -2.58. The van der Waals surface area contributed by atoms with Crippen LogP contribution in [0.4, 0.5) is 11.4 Å². The molecular weight excluding hydrogens is 388 g/mol. The number of para-hydroxylation sites is 1. The first kappa shape index (κ1) is 19.7. The molecular formula is C21H26N4O3S. The van der Waals surface area contributed by atoms with Gasteiger partial charge in [-0.2, -0.15) is 0 Å². The normalized spacial score (nSPS) is 21.2. The molecule has 4 rings (SSSR count). The van der Waals surface area contributed by atoms with E-state index in [-0.39, 0.29) is 12.1 Å². The summed E-state index contributed by atoms with van der Waals surface area (Å²) in [4.78, 5) is 15.3. The number of anilines is 2. The van der Waals surface area contributed by atoms with Crippen molar-refractivity contribution >= 4 is 27.3 Å². The van der Waals surface area contributed by atoms with Crippen LogP contribution in [-0.4, -0.2) is 45.4 Å². The van der Waals surface area contributed by atoms with E-state index >= 15 is 0 Å². The highest BCUT2D eigenvalue weighted by atomic mass is 32.2. The quantitative estimate of drug-likeness (QED) is 0.693. The van der Waals surface area contributed by atoms with E-state index in [1.54, 1.807) is 12.1 Å². The van der Waals surface area contributed by atoms with Crippen molar-refractivity contribution in [3.8, 4) is 0 Å². The van der Waals surface area contributed by atoms with Crippen molar-refractivity contribution in [3.63, 3.8) is 0 Å². The molecule has 2 aromatic rings. The molecule has 7 nitrogen and oxygen atoms in total. The van der Waals surface area contributed by atoms with Gasteiger partial charge in [0.1, 0.15) is 11.7 Å². The predicted molar refractivity (Wildman–Crippen MR) is 114 cm³/mol. The lowest BCUT2D eigenvalue weighted by atomic mass is 9.86. The molecule has 154 valence electrons. The number of nitrogens with zero attached hydrogens (tertiary/aromatic N) is 1. The molecule has 3 N–H and O–H groups in total. The Labute approximate surface area is 171 Å². The fraction of sp³-hybridized carbons (Fsp3) is 0.381. The van der Waals surface area contributed by atoms with Crippen LogP contribution in [0, 0.1) is 0 Å². The van der Waals surface area contributed by atoms with E-state index in [0.29, 0.717) is 12.1 Å². The first-order chi connectivity index (χ1) is 13.9. The maximum absolute atomic E-state index is 13.1. The van der Waals surface area contributed by atoms with Crippen LogP contribution in [0.5, 0.6) is 0 Å². The lowest BCUT2D eigenvalue weighted by Gasteiger charge is -2.42. The molecule has 0 radical (unpaired) electrons. The van der Waals surface area contributed by atoms with E-state index in [2.05, 4.69) is 32.4 Å². The van der Waals surface area contributed by atoms with Crippen LogP contribution in [-0.2, 0) is 21.2 Å². The molecule has 1 atom stereocenters. The average molecular weight is 415 g/mol. The molecule has 1 spiro atoms. The highest BCUT2D eigenvalue weighted by Gasteiger charge is 2.53. The van der Waals surface area contributed by atoms with Gasteiger partial charge in [-0.3, -0.25) is 9.52 Å². The van der Waals surface area contributed by atoms with E-state index < -0.39 is 15.6 Å². The fourth-order valence-electron chi connectivity index (χ4n) is 4.37. The highest BCUT2D eigenvalue weighted by Crippen LogP contribution is 2.38. The van der Waals surface area contributed by atoms with Crippen LogP contribution in [0.15, 0.2) is 54.6 Å². The van der Waals surface area contributed by atoms with Crippen LogP contribution in [0.1, 0.15) is 18.4 Å². The van der Waals surface area contributed by atoms with Crippen molar-refractivity contribution in [2.24, 2.45) is 0 Å². The largest absolute Gasteiger partial charge is 0.336 e. The lowest BCUT2D eigenvalue weighted by Crippen LogP contribution is -2.57. The topological polar surface area (TPSA) is 90.5 Å². The van der Waals surface area contributed by atoms with E-state index in [0.717, 1.165) is 43.4 Å². The van der Waals surface area contributed by atoms with Gasteiger partial charge in [0.25, 0.3) is 0 Å². The Morgan fingerprint density at radius 3 is 2.34 bits per heavy atom. The average Bonchev–Trinajstić information content (AvgIpc) is 2.94. The number of carbonyl (C=O) groups is 1. The van der Waals surface area contributed by atoms with Gasteiger partial charge >= 0.3 is 0 Å². The molecule has 2 aliphatic heterocycles. The molecule has 1 unspecified atom stereocenters. The second kappa shape index (κ2) is 7.68. The summed E-state index contributed by atoms with van der Waals surface area (Å²) < 4.78 is 25.3. The third kappa shape index (κ3) is 4.09. The second-order valence-corrected chi connectivity index (χ2v) is 9.50. The van der Waals surface area contributed by atoms with Gasteiger partial charge in [0.15, 0.2) is 0 Å². The number of hydrogen-bond donors (Lipinski definition) is 3. The van der Waals surface area contributed by atoms with Crippen LogP contribution in [0.2, 0.25) is 0 Å². The molecule has 1 amide bonds. The third-order valence-electron chi connectivity index (χ3n) is 5.64. The zero-order valence-electron chi connectivity index (χ0n) is 16.4. The third-order valence-corrected chi connectivity index (χ3v) is 6.25. The number of rotatable bonds is 5. The van der Waals surface area contributed by atoms with E-state index in [1.807, 2.05) is 30.3 Å². The number of nitrogens with one attached hydrogen (secondary N) is 3. The van der Waals surface area contributed by atoms with Gasteiger partial charge < -0.3 is 15.5 Å². The van der Waals surface area contributed by atoms with Crippen molar-refractivity contribution in [2.45, 2.75) is 31.0 Å². The maximum Gasteiger partial charge on any atom is 0.247 e. The lowest BCUT2D eigenvalue weighted by molar-refractivity contribution is -0.124. The van der Waals surface area contributed by atoms with E-state index in [4.69, 9.17) is 0 Å². The summed E-state index contributed by atoms with van der Waals surface area (Å²) in [5.41, 5.74) is 2.06. The number of hydrogen-bond acceptors (Lipinski definition) is 5. The summed E-state index contributed by atoms with van der Waals surface area (Å²) in [6, 6.07) is 17.4. The van der Waals surface area contributed by atoms with Gasteiger partial charge in [-0.1, -0.05) is 30.3 Å². The van der Waals surface area contributed by atoms with Crippen LogP contribution < -0.4 is 20.3 Å². The van der Waals surface area contributed by atoms with Gasteiger partial charge in [0.2, 0.25) is 15.9 Å². The fourth-order valence-corrected chi connectivity index (χ4v) is 4.93. The van der Waals surface area contributed by atoms with Crippen molar-refractivity contribution < 1.29 is 13.2 Å². The van der Waals surface area contributed by atoms with E-state index in [9.17, 15) is 13.2 Å². The molecule has 2 fully saturated rings. The summed E-state index contributed by atoms with van der Waals surface area (Å²) in [5, 5.41) is 6.57. The van der Waals surface area contributed by atoms with E-state index in [1.165, 1.54) is 0 Å². The first-order valence-electron chi connectivity index (χ1n) is 9.80. The van der Waals surface area contributed by atoms with Crippen molar-refractivity contribution in [2.75, 3.05) is 29.0 Å². The Morgan fingerprint density at radius 1 is 1.07 bits per heavy atom. The second-order valence-electron chi connectivity index (χ2n) is 7.75. The highest BCUT2D eigenvalue weighted by molar-refractivity contribution is 7.92. The molecule has 0 aromatic heterocycles. The number of carbonyl (C=O) groups excluding carboxylic acids is 1. The molecule has 29 heavy (non-hydrogen) atoms. The summed E-state index contributed by atoms with van der Waals surface area (Å²) in [7, 11) is -3.30. The van der Waals surface area contributed by atoms with Gasteiger partial charge in [-0.05, 0) is 55.8 Å². The zero-order valence-corrected chi connectivity index (χ0v) is 17.2. The standard InChI is InChI=1S/C21H26N4O3S/c1-29(27,28)24-17-9-7-16(8-10-17)15-19-23-20(26)21(11-13-22-14-12-21)25(19)18-5-3-2-4-6-18/h2-10,19,22,24H,11-15H2,1H3,(H,23,26). The minimum Gasteiger partial charge on any atom is -0.336 e. The summed E-state index contributed by atoms with van der Waals surface area (Å²) in [5.74, 6) is 0.0863. The van der Waals surface area contributed by atoms with Crippen molar-refractivity contribution in [3.05, 3.63) is 60.2 Å². The van der Waals surface area contributed by atoms with Crippen LogP contribution in [0.25, 0.3) is 0 Å². The molecule has 0 aliphatic carbocycles. The Kier molecular flexibility index (Phi) is 5.23. The SMILES string of the molecule is CS(=O)(=O)Nc1ccc(CC2NC(=O)C3(CCNCC3)N2c2ccccc2)cc1. The summed E-state index contributed by atoms with van der Waals surface area (Å²) in [6.45, 7) is 1.63. The first-order valence-corrected chi connectivity index (χ1v) is 11.7. The minimum atomic E-state index is -3.30. The van der Waals surface area contributed by atoms with Gasteiger partial charge in [0.05, 0.1) is 6.26 Å². The molecule has 2 saturated heterocycles. The molecule has 2 heterocycles. The number of amides is 1. The van der Waals surface area contributed by atoms with Crippen molar-refractivity contribution in [1.29, 1.82) is 0 Å². The Balaban J connectivity index is 1.61. The summed E-state index contributed by atoms with van der Waals surface area (Å²) >= 11 is 0. The van der Waals surface area contributed by atoms with Crippen LogP contribution in [0.3, 0.4) is 0 Å². The molecule has 2 aliphatic rings. The molecule has 0 saturated carbocycles. The molecule has 2 aromatic carbocycles. The number of benzene rings is 2. The predicted octanol–water partition coefficient (Wildman–Crippen LogP) is 1.69. The van der Waals surface area contributed by atoms with Gasteiger partial charge in [-0.15, -0.1) is 0 Å². The molecule has 8 heteroatoms. The minimum absolute atomic E-state index is 0.0863. The maximum atomic E-state index is 13.1. The Bertz CT molecular complexity index is 971. The van der Waals surface area contributed by atoms with Crippen molar-refractivity contribution in [1.82, 2.24) is 10.6 Å². The Morgan fingerprint density at radius 2 is 1.72 bits per heavy atom. The smallest absolute Gasteiger partial charge is 0.247 e. The van der Waals surface area contributed by atoms with Gasteiger partial charge in [-0.25, -0.2) is 8.42 Å². The zero-order chi connectivity index (χ0) is 20.5. The number of piperidine rings is 1. The number of sulfonamides is 1. The monoisotopic (exact) mass is 414 g/mol. The van der Waals surface area contributed by atoms with Gasteiger partial charge in [0, 0.05) is 17.8 Å².